The standard InChI is InChI=1S/C10F8O3/c11-1-2(12)4(14)8(16)7(15,3(1)13)9(17)5(19)21-6(20)10(8,9)18. The Bertz CT molecular complexity index is 642. The zero-order chi connectivity index (χ0) is 16.2. The second-order valence-electron chi connectivity index (χ2n) is 4.57. The lowest BCUT2D eigenvalue weighted by molar-refractivity contribution is -0.294. The van der Waals surface area contributed by atoms with Gasteiger partial charge < -0.3 is 4.74 Å². The minimum absolute atomic E-state index is 2.72. The smallest absolute Gasteiger partial charge is 0.360 e. The van der Waals surface area contributed by atoms with Gasteiger partial charge >= 0.3 is 11.9 Å². The molecule has 0 bridgehead atoms. The molecule has 1 aliphatic heterocycles. The third-order valence-electron chi connectivity index (χ3n) is 3.83. The summed E-state index contributed by atoms with van der Waals surface area (Å²) in [5, 5.41) is 0. The van der Waals surface area contributed by atoms with Crippen LogP contribution in [0.5, 0.6) is 0 Å². The fourth-order valence-electron chi connectivity index (χ4n) is 2.77. The number of alkyl halides is 4. The SMILES string of the molecule is O=C1OC(=O)C2(F)C1(F)C1(F)C(F)=C(F)C(F)=C(F)C21F. The normalized spacial score (nSPS) is 49.0. The highest BCUT2D eigenvalue weighted by Gasteiger charge is 3.07. The monoisotopic (exact) mass is 320 g/mol. The van der Waals surface area contributed by atoms with E-state index in [0.717, 1.165) is 0 Å². The molecule has 114 valence electrons. The number of esters is 2. The first-order valence-corrected chi connectivity index (χ1v) is 5.08. The van der Waals surface area contributed by atoms with Gasteiger partial charge in [-0.1, -0.05) is 0 Å². The second kappa shape index (κ2) is 3.12. The maximum atomic E-state index is 14.3. The summed E-state index contributed by atoms with van der Waals surface area (Å²) in [7, 11) is 0. The van der Waals surface area contributed by atoms with Crippen molar-refractivity contribution in [2.24, 2.45) is 0 Å². The first kappa shape index (κ1) is 14.0. The summed E-state index contributed by atoms with van der Waals surface area (Å²) >= 11 is 0. The Balaban J connectivity index is 2.44. The van der Waals surface area contributed by atoms with E-state index < -0.39 is 57.9 Å². The van der Waals surface area contributed by atoms with Crippen molar-refractivity contribution in [1.29, 1.82) is 0 Å². The zero-order valence-corrected chi connectivity index (χ0v) is 9.25. The van der Waals surface area contributed by atoms with Crippen molar-refractivity contribution in [3.05, 3.63) is 23.3 Å². The summed E-state index contributed by atoms with van der Waals surface area (Å²) in [6.45, 7) is 0. The molecular formula is C10F8O3. The van der Waals surface area contributed by atoms with Crippen molar-refractivity contribution >= 4 is 11.9 Å². The van der Waals surface area contributed by atoms with E-state index in [1.165, 1.54) is 0 Å². The molecule has 4 unspecified atom stereocenters. The lowest BCUT2D eigenvalue weighted by Gasteiger charge is -2.58. The van der Waals surface area contributed by atoms with Crippen LogP contribution >= 0.6 is 0 Å². The van der Waals surface area contributed by atoms with Gasteiger partial charge in [-0.15, -0.1) is 0 Å². The van der Waals surface area contributed by atoms with Crippen molar-refractivity contribution in [2.45, 2.75) is 22.7 Å². The van der Waals surface area contributed by atoms with Crippen LogP contribution in [0.15, 0.2) is 23.3 Å². The molecule has 0 aromatic heterocycles. The fraction of sp³-hybridized carbons (Fsp3) is 0.400. The number of ether oxygens (including phenoxy) is 1. The van der Waals surface area contributed by atoms with Crippen LogP contribution in [0.2, 0.25) is 0 Å². The Labute approximate surface area is 108 Å². The number of rotatable bonds is 0. The number of halogens is 8. The number of carbonyl (C=O) groups is 2. The Morgan fingerprint density at radius 2 is 0.905 bits per heavy atom. The molecule has 4 atom stereocenters. The topological polar surface area (TPSA) is 43.4 Å². The van der Waals surface area contributed by atoms with Crippen LogP contribution in [0.4, 0.5) is 35.1 Å². The molecule has 0 spiro atoms. The van der Waals surface area contributed by atoms with E-state index in [9.17, 15) is 44.7 Å². The molecule has 21 heavy (non-hydrogen) atoms. The average Bonchev–Trinajstić information content (AvgIpc) is 2.61. The van der Waals surface area contributed by atoms with Crippen LogP contribution in [-0.4, -0.2) is 34.6 Å². The fourth-order valence-corrected chi connectivity index (χ4v) is 2.77. The van der Waals surface area contributed by atoms with E-state index >= 15 is 0 Å². The van der Waals surface area contributed by atoms with Crippen LogP contribution in [0.1, 0.15) is 0 Å². The molecule has 1 heterocycles. The zero-order valence-electron chi connectivity index (χ0n) is 9.25. The Hall–Kier alpha value is -1.94. The number of carbonyl (C=O) groups excluding carboxylic acids is 2. The number of allylic oxidation sites excluding steroid dienone is 4. The van der Waals surface area contributed by atoms with E-state index in [0.29, 0.717) is 0 Å². The lowest BCUT2D eigenvalue weighted by atomic mass is 9.47. The van der Waals surface area contributed by atoms with Gasteiger partial charge in [0.15, 0.2) is 23.3 Å². The van der Waals surface area contributed by atoms with Crippen LogP contribution < -0.4 is 0 Å². The summed E-state index contributed by atoms with van der Waals surface area (Å²) in [5.74, 6) is -17.9. The van der Waals surface area contributed by atoms with Crippen LogP contribution in [0, 0.1) is 0 Å². The number of hydrogen-bond acceptors (Lipinski definition) is 3. The third kappa shape index (κ3) is 0.849. The first-order valence-electron chi connectivity index (χ1n) is 5.08. The molecule has 3 rings (SSSR count). The van der Waals surface area contributed by atoms with Gasteiger partial charge in [-0.05, 0) is 0 Å². The highest BCUT2D eigenvalue weighted by Crippen LogP contribution is 2.76. The predicted molar refractivity (Wildman–Crippen MR) is 44.9 cm³/mol. The molecule has 2 aliphatic carbocycles. The van der Waals surface area contributed by atoms with Crippen LogP contribution in [0.25, 0.3) is 0 Å². The summed E-state index contributed by atoms with van der Waals surface area (Å²) in [6, 6.07) is 0. The highest BCUT2D eigenvalue weighted by atomic mass is 19.2. The van der Waals surface area contributed by atoms with Gasteiger partial charge in [0.2, 0.25) is 0 Å². The molecule has 3 nitrogen and oxygen atoms in total. The molecule has 11 heteroatoms. The minimum Gasteiger partial charge on any atom is -0.388 e. The number of fused-ring (bicyclic) bond motifs is 4. The van der Waals surface area contributed by atoms with Gasteiger partial charge in [-0.3, -0.25) is 0 Å². The quantitative estimate of drug-likeness (QED) is 0.391. The molecule has 0 N–H and O–H groups in total. The minimum atomic E-state index is -5.25. The molecule has 1 saturated heterocycles. The number of cyclic esters (lactones) is 2. The maximum Gasteiger partial charge on any atom is 0.360 e. The van der Waals surface area contributed by atoms with Crippen molar-refractivity contribution in [3.8, 4) is 0 Å². The molecular weight excluding hydrogens is 320 g/mol. The Kier molecular flexibility index (Phi) is 2.08. The third-order valence-corrected chi connectivity index (χ3v) is 3.83. The predicted octanol–water partition coefficient (Wildman–Crippen LogP) is 2.23. The molecule has 1 saturated carbocycles. The van der Waals surface area contributed by atoms with Crippen LogP contribution in [-0.2, 0) is 14.3 Å². The summed E-state index contributed by atoms with van der Waals surface area (Å²) in [5.41, 5.74) is -20.5. The van der Waals surface area contributed by atoms with Crippen molar-refractivity contribution < 1.29 is 49.4 Å². The molecule has 0 radical (unpaired) electrons. The van der Waals surface area contributed by atoms with Gasteiger partial charge in [0.25, 0.3) is 22.7 Å². The molecule has 3 aliphatic rings. The molecule has 0 aromatic rings. The molecule has 0 aromatic carbocycles. The summed E-state index contributed by atoms with van der Waals surface area (Å²) < 4.78 is 113. The molecule has 2 fully saturated rings. The Morgan fingerprint density at radius 3 is 1.19 bits per heavy atom. The van der Waals surface area contributed by atoms with E-state index in [1.807, 2.05) is 0 Å². The van der Waals surface area contributed by atoms with Gasteiger partial charge in [0.05, 0.1) is 0 Å². The van der Waals surface area contributed by atoms with Crippen molar-refractivity contribution in [2.75, 3.05) is 0 Å². The Morgan fingerprint density at radius 1 is 0.619 bits per heavy atom. The van der Waals surface area contributed by atoms with E-state index in [1.54, 1.807) is 0 Å². The second-order valence-corrected chi connectivity index (χ2v) is 4.57. The molecule has 0 amide bonds. The van der Waals surface area contributed by atoms with Gasteiger partial charge in [-0.2, -0.15) is 0 Å². The van der Waals surface area contributed by atoms with Gasteiger partial charge in [0.1, 0.15) is 0 Å². The average molecular weight is 320 g/mol. The van der Waals surface area contributed by atoms with Crippen molar-refractivity contribution in [3.63, 3.8) is 0 Å². The summed E-state index contributed by atoms with van der Waals surface area (Å²) in [4.78, 5) is 22.0. The van der Waals surface area contributed by atoms with Crippen LogP contribution in [0.3, 0.4) is 0 Å². The van der Waals surface area contributed by atoms with E-state index in [-0.39, 0.29) is 0 Å². The van der Waals surface area contributed by atoms with E-state index in [4.69, 9.17) is 0 Å². The van der Waals surface area contributed by atoms with E-state index in [2.05, 4.69) is 4.74 Å². The largest absolute Gasteiger partial charge is 0.388 e. The lowest BCUT2D eigenvalue weighted by Crippen LogP contribution is -2.91. The maximum absolute atomic E-state index is 14.3. The van der Waals surface area contributed by atoms with Gasteiger partial charge in [-0.25, -0.2) is 44.7 Å². The van der Waals surface area contributed by atoms with Crippen molar-refractivity contribution in [1.82, 2.24) is 0 Å². The first-order chi connectivity index (χ1) is 9.44. The number of hydrogen-bond donors (Lipinski definition) is 0. The summed E-state index contributed by atoms with van der Waals surface area (Å²) in [6.07, 6.45) is 0. The van der Waals surface area contributed by atoms with Gasteiger partial charge in [0, 0.05) is 0 Å². The highest BCUT2D eigenvalue weighted by molar-refractivity contribution is 6.12.